The van der Waals surface area contributed by atoms with E-state index < -0.39 is 0 Å². The van der Waals surface area contributed by atoms with Crippen LogP contribution in [0.15, 0.2) is 53.7 Å². The molecule has 4 rings (SSSR count). The highest BCUT2D eigenvalue weighted by Gasteiger charge is 2.45. The van der Waals surface area contributed by atoms with Crippen molar-refractivity contribution in [2.75, 3.05) is 37.1 Å². The van der Waals surface area contributed by atoms with Crippen molar-refractivity contribution in [2.24, 2.45) is 5.41 Å². The van der Waals surface area contributed by atoms with Gasteiger partial charge in [0.1, 0.15) is 11.5 Å². The Kier molecular flexibility index (Phi) is 6.93. The van der Waals surface area contributed by atoms with Crippen molar-refractivity contribution in [1.82, 2.24) is 0 Å². The second kappa shape index (κ2) is 9.76. The number of Topliss-reactive ketones (excluding diaryl/α,β-unsaturated/α-hetero) is 1. The highest BCUT2D eigenvalue weighted by Crippen LogP contribution is 2.50. The zero-order valence-corrected chi connectivity index (χ0v) is 21.7. The predicted molar refractivity (Wildman–Crippen MR) is 139 cm³/mol. The number of nitrogens with zero attached hydrogens (tertiary/aromatic N) is 2. The van der Waals surface area contributed by atoms with Gasteiger partial charge in [-0.1, -0.05) is 26.0 Å². The first-order chi connectivity index (χ1) is 16.7. The van der Waals surface area contributed by atoms with Crippen LogP contribution in [-0.4, -0.2) is 39.0 Å². The number of carbonyl (C=O) groups excluding carboxylic acids is 2. The summed E-state index contributed by atoms with van der Waals surface area (Å²) >= 11 is 0. The van der Waals surface area contributed by atoms with Crippen LogP contribution in [0.4, 0.5) is 11.4 Å². The summed E-state index contributed by atoms with van der Waals surface area (Å²) in [4.78, 5) is 31.3. The number of benzene rings is 2. The Morgan fingerprint density at radius 2 is 1.66 bits per heavy atom. The van der Waals surface area contributed by atoms with Crippen molar-refractivity contribution in [2.45, 2.75) is 52.9 Å². The number of rotatable bonds is 7. The maximum atomic E-state index is 13.8. The van der Waals surface area contributed by atoms with E-state index in [0.29, 0.717) is 30.0 Å². The van der Waals surface area contributed by atoms with E-state index in [0.717, 1.165) is 35.6 Å². The lowest BCUT2D eigenvalue weighted by atomic mass is 9.69. The smallest absolute Gasteiger partial charge is 0.232 e. The number of hydrogen-bond acceptors (Lipinski definition) is 5. The van der Waals surface area contributed by atoms with Gasteiger partial charge in [0.25, 0.3) is 0 Å². The molecule has 0 spiro atoms. The molecule has 1 unspecified atom stereocenters. The molecular weight excluding hydrogens is 440 g/mol. The Balaban J connectivity index is 1.85. The van der Waals surface area contributed by atoms with Gasteiger partial charge in [0.2, 0.25) is 5.91 Å². The predicted octanol–water partition coefficient (Wildman–Crippen LogP) is 5.71. The Morgan fingerprint density at radius 1 is 0.971 bits per heavy atom. The minimum absolute atomic E-state index is 0.0429. The first kappa shape index (κ1) is 24.8. The summed E-state index contributed by atoms with van der Waals surface area (Å²) < 4.78 is 11.0. The van der Waals surface area contributed by atoms with Crippen LogP contribution in [0.3, 0.4) is 0 Å². The topological polar surface area (TPSA) is 59.1 Å². The molecule has 6 heteroatoms. The quantitative estimate of drug-likeness (QED) is 0.512. The molecule has 6 nitrogen and oxygen atoms in total. The molecule has 0 saturated heterocycles. The molecule has 2 aliphatic rings. The fourth-order valence-corrected chi connectivity index (χ4v) is 5.46. The van der Waals surface area contributed by atoms with Gasteiger partial charge < -0.3 is 14.4 Å². The van der Waals surface area contributed by atoms with Gasteiger partial charge in [0.05, 0.1) is 19.9 Å². The molecule has 0 saturated carbocycles. The van der Waals surface area contributed by atoms with E-state index in [1.54, 1.807) is 25.2 Å². The minimum Gasteiger partial charge on any atom is -0.497 e. The Labute approximate surface area is 208 Å². The molecule has 2 aromatic carbocycles. The average molecular weight is 477 g/mol. The Hall–Kier alpha value is -3.28. The SMILES string of the molecule is CCN(CC)c1ccc(C2CC(=O)N(c3cc(OC)ccc3OC)C3=C2C(=O)CC(C)(C)C3)cc1. The third kappa shape index (κ3) is 4.66. The number of carbonyl (C=O) groups is 2. The molecule has 1 heterocycles. The second-order valence-corrected chi connectivity index (χ2v) is 10.1. The van der Waals surface area contributed by atoms with Crippen molar-refractivity contribution >= 4 is 23.1 Å². The molecule has 0 aromatic heterocycles. The van der Waals surface area contributed by atoms with Crippen molar-refractivity contribution in [1.29, 1.82) is 0 Å². The maximum Gasteiger partial charge on any atom is 0.232 e. The zero-order valence-electron chi connectivity index (χ0n) is 21.7. The lowest BCUT2D eigenvalue weighted by Crippen LogP contribution is -2.43. The third-order valence-corrected chi connectivity index (χ3v) is 7.19. The molecule has 0 bridgehead atoms. The van der Waals surface area contributed by atoms with E-state index >= 15 is 0 Å². The van der Waals surface area contributed by atoms with E-state index in [1.807, 2.05) is 12.1 Å². The molecule has 1 aliphatic heterocycles. The summed E-state index contributed by atoms with van der Waals surface area (Å²) in [5, 5.41) is 0. The summed E-state index contributed by atoms with van der Waals surface area (Å²) in [6.45, 7) is 10.3. The molecule has 0 N–H and O–H groups in total. The van der Waals surface area contributed by atoms with Crippen molar-refractivity contribution in [3.05, 3.63) is 59.3 Å². The second-order valence-electron chi connectivity index (χ2n) is 10.1. The molecule has 35 heavy (non-hydrogen) atoms. The molecule has 1 atom stereocenters. The number of allylic oxidation sites excluding steroid dienone is 2. The van der Waals surface area contributed by atoms with Crippen LogP contribution in [-0.2, 0) is 9.59 Å². The number of methoxy groups -OCH3 is 2. The van der Waals surface area contributed by atoms with Crippen molar-refractivity contribution in [3.63, 3.8) is 0 Å². The lowest BCUT2D eigenvalue weighted by Gasteiger charge is -2.43. The van der Waals surface area contributed by atoms with Crippen LogP contribution in [0.1, 0.15) is 58.4 Å². The molecular formula is C29H36N2O4. The summed E-state index contributed by atoms with van der Waals surface area (Å²) in [7, 11) is 3.19. The number of amides is 1. The fourth-order valence-electron chi connectivity index (χ4n) is 5.46. The van der Waals surface area contributed by atoms with E-state index in [4.69, 9.17) is 9.47 Å². The normalized spacial score (nSPS) is 19.5. The van der Waals surface area contributed by atoms with Crippen molar-refractivity contribution in [3.8, 4) is 11.5 Å². The Bertz CT molecular complexity index is 1150. The third-order valence-electron chi connectivity index (χ3n) is 7.19. The molecule has 1 amide bonds. The highest BCUT2D eigenvalue weighted by molar-refractivity contribution is 6.08. The van der Waals surface area contributed by atoms with Crippen LogP contribution in [0.25, 0.3) is 0 Å². The number of hydrogen-bond donors (Lipinski definition) is 0. The molecule has 0 radical (unpaired) electrons. The van der Waals surface area contributed by atoms with E-state index in [1.165, 1.54) is 0 Å². The molecule has 0 fully saturated rings. The van der Waals surface area contributed by atoms with Crippen LogP contribution < -0.4 is 19.3 Å². The van der Waals surface area contributed by atoms with E-state index in [9.17, 15) is 9.59 Å². The average Bonchev–Trinajstić information content (AvgIpc) is 2.83. The molecule has 2 aromatic rings. The number of ketones is 1. The highest BCUT2D eigenvalue weighted by atomic mass is 16.5. The largest absolute Gasteiger partial charge is 0.497 e. The van der Waals surface area contributed by atoms with Gasteiger partial charge in [-0.25, -0.2) is 0 Å². The van der Waals surface area contributed by atoms with Crippen molar-refractivity contribution < 1.29 is 19.1 Å². The Morgan fingerprint density at radius 3 is 2.26 bits per heavy atom. The van der Waals surface area contributed by atoms with Crippen LogP contribution in [0.2, 0.25) is 0 Å². The maximum absolute atomic E-state index is 13.8. The number of ether oxygens (including phenoxy) is 2. The summed E-state index contributed by atoms with van der Waals surface area (Å²) in [5.74, 6) is 1.03. The zero-order chi connectivity index (χ0) is 25.3. The molecule has 186 valence electrons. The molecule has 1 aliphatic carbocycles. The minimum atomic E-state index is -0.250. The number of anilines is 2. The monoisotopic (exact) mass is 476 g/mol. The van der Waals surface area contributed by atoms with Gasteiger partial charge in [-0.05, 0) is 55.5 Å². The summed E-state index contributed by atoms with van der Waals surface area (Å²) in [6, 6.07) is 13.8. The van der Waals surface area contributed by atoms with Gasteiger partial charge in [0.15, 0.2) is 5.78 Å². The first-order valence-electron chi connectivity index (χ1n) is 12.4. The van der Waals surface area contributed by atoms with Crippen LogP contribution in [0.5, 0.6) is 11.5 Å². The lowest BCUT2D eigenvalue weighted by molar-refractivity contribution is -0.121. The fraction of sp³-hybridized carbons (Fsp3) is 0.448. The van der Waals surface area contributed by atoms with Gasteiger partial charge in [0, 0.05) is 54.9 Å². The first-order valence-corrected chi connectivity index (χ1v) is 12.4. The summed E-state index contributed by atoms with van der Waals surface area (Å²) in [6.07, 6.45) is 1.33. The van der Waals surface area contributed by atoms with Crippen LogP contribution in [0, 0.1) is 5.41 Å². The van der Waals surface area contributed by atoms with Crippen LogP contribution >= 0.6 is 0 Å². The summed E-state index contributed by atoms with van der Waals surface area (Å²) in [5.41, 5.74) is 4.07. The van der Waals surface area contributed by atoms with Gasteiger partial charge in [-0.15, -0.1) is 0 Å². The van der Waals surface area contributed by atoms with E-state index in [2.05, 4.69) is 56.9 Å². The van der Waals surface area contributed by atoms with Gasteiger partial charge in [-0.3, -0.25) is 14.5 Å². The standard InChI is InChI=1S/C29H36N2O4/c1-7-30(8-2)20-11-9-19(10-12-20)22-16-27(33)31(23-15-21(34-5)13-14-26(23)35-6)24-17-29(3,4)18-25(32)28(22)24/h9-15,22H,7-8,16-18H2,1-6H3. The van der Waals surface area contributed by atoms with E-state index in [-0.39, 0.29) is 29.4 Å². The van der Waals surface area contributed by atoms with Gasteiger partial charge in [-0.2, -0.15) is 0 Å². The van der Waals surface area contributed by atoms with Gasteiger partial charge >= 0.3 is 0 Å².